The van der Waals surface area contributed by atoms with Gasteiger partial charge in [-0.2, -0.15) is 0 Å². The Balaban J connectivity index is 2.40. The first-order chi connectivity index (χ1) is 14.9. The molecule has 1 heterocycles. The summed E-state index contributed by atoms with van der Waals surface area (Å²) in [6, 6.07) is 11.8. The van der Waals surface area contributed by atoms with E-state index in [0.717, 1.165) is 5.56 Å². The molecule has 0 spiro atoms. The predicted molar refractivity (Wildman–Crippen MR) is 124 cm³/mol. The van der Waals surface area contributed by atoms with E-state index in [0.29, 0.717) is 27.1 Å². The fourth-order valence-electron chi connectivity index (χ4n) is 3.61. The van der Waals surface area contributed by atoms with E-state index in [1.54, 1.807) is 64.1 Å². The summed E-state index contributed by atoms with van der Waals surface area (Å²) in [4.78, 5) is 39.5. The third-order valence-corrected chi connectivity index (χ3v) is 5.30. The number of carbonyl (C=O) groups is 3. The number of fused-ring (bicyclic) bond motifs is 1. The maximum absolute atomic E-state index is 13.7. The Kier molecular flexibility index (Phi) is 6.46. The van der Waals surface area contributed by atoms with Gasteiger partial charge in [0, 0.05) is 21.5 Å². The Labute approximate surface area is 192 Å². The van der Waals surface area contributed by atoms with Gasteiger partial charge in [0.05, 0.1) is 18.5 Å². The number of benzene rings is 2. The van der Waals surface area contributed by atoms with Crippen molar-refractivity contribution in [2.24, 2.45) is 0 Å². The van der Waals surface area contributed by atoms with Gasteiger partial charge in [-0.25, -0.2) is 9.36 Å². The Morgan fingerprint density at radius 1 is 1.03 bits per heavy atom. The highest BCUT2D eigenvalue weighted by Gasteiger charge is 2.34. The highest BCUT2D eigenvalue weighted by Crippen LogP contribution is 2.35. The topological polar surface area (TPSA) is 74.6 Å². The quantitative estimate of drug-likeness (QED) is 0.362. The summed E-state index contributed by atoms with van der Waals surface area (Å²) in [6.45, 7) is 8.79. The van der Waals surface area contributed by atoms with Crippen LogP contribution in [0.2, 0.25) is 5.02 Å². The number of esters is 1. The third kappa shape index (κ3) is 4.55. The number of hydrogen-bond donors (Lipinski definition) is 0. The molecule has 7 heteroatoms. The molecule has 1 atom stereocenters. The lowest BCUT2D eigenvalue weighted by atomic mass is 9.94. The lowest BCUT2D eigenvalue weighted by molar-refractivity contribution is -0.141. The Morgan fingerprint density at radius 2 is 1.66 bits per heavy atom. The van der Waals surface area contributed by atoms with E-state index < -0.39 is 29.4 Å². The van der Waals surface area contributed by atoms with Crippen LogP contribution in [0.4, 0.5) is 4.79 Å². The molecule has 0 fully saturated rings. The molecule has 0 aliphatic carbocycles. The van der Waals surface area contributed by atoms with Crippen LogP contribution in [0, 0.1) is 6.92 Å². The van der Waals surface area contributed by atoms with Gasteiger partial charge in [0.25, 0.3) is 0 Å². The molecule has 3 aromatic rings. The molecule has 168 valence electrons. The molecule has 0 radical (unpaired) electrons. The minimum Gasteiger partial charge on any atom is -0.469 e. The molecule has 1 aromatic heterocycles. The average Bonchev–Trinajstić information content (AvgIpc) is 3.05. The first-order valence-electron chi connectivity index (χ1n) is 10.2. The monoisotopic (exact) mass is 455 g/mol. The lowest BCUT2D eigenvalue weighted by Crippen LogP contribution is -2.29. The van der Waals surface area contributed by atoms with Crippen molar-refractivity contribution in [2.75, 3.05) is 7.11 Å². The Bertz CT molecular complexity index is 1200. The Morgan fingerprint density at radius 3 is 2.22 bits per heavy atom. The maximum atomic E-state index is 13.7. The number of aryl methyl sites for hydroxylation is 1. The molecule has 0 saturated carbocycles. The number of carbonyl (C=O) groups excluding carboxylic acids is 3. The van der Waals surface area contributed by atoms with Crippen molar-refractivity contribution in [3.63, 3.8) is 0 Å². The van der Waals surface area contributed by atoms with Gasteiger partial charge in [0.1, 0.15) is 11.3 Å². The van der Waals surface area contributed by atoms with Crippen molar-refractivity contribution in [3.8, 4) is 0 Å². The van der Waals surface area contributed by atoms with Crippen molar-refractivity contribution >= 4 is 40.3 Å². The molecule has 0 amide bonds. The maximum Gasteiger partial charge on any atom is 0.419 e. The minimum absolute atomic E-state index is 0.0695. The molecular formula is C25H26ClNO5. The summed E-state index contributed by atoms with van der Waals surface area (Å²) in [6.07, 6.45) is -0.700. The third-order valence-electron chi connectivity index (χ3n) is 5.05. The first-order valence-corrected chi connectivity index (χ1v) is 10.6. The molecule has 3 rings (SSSR count). The molecule has 0 bridgehead atoms. The second-order valence-corrected chi connectivity index (χ2v) is 9.12. The predicted octanol–water partition coefficient (Wildman–Crippen LogP) is 5.89. The molecule has 0 N–H and O–H groups in total. The van der Waals surface area contributed by atoms with Crippen molar-refractivity contribution < 1.29 is 23.9 Å². The van der Waals surface area contributed by atoms with Crippen LogP contribution in [0.15, 0.2) is 42.5 Å². The number of ether oxygens (including phenoxy) is 2. The van der Waals surface area contributed by atoms with Gasteiger partial charge in [-0.1, -0.05) is 23.7 Å². The normalized spacial score (nSPS) is 12.5. The van der Waals surface area contributed by atoms with Crippen LogP contribution < -0.4 is 0 Å². The van der Waals surface area contributed by atoms with Crippen molar-refractivity contribution in [3.05, 3.63) is 69.9 Å². The molecule has 32 heavy (non-hydrogen) atoms. The van der Waals surface area contributed by atoms with Gasteiger partial charge in [-0.3, -0.25) is 9.59 Å². The molecule has 0 saturated heterocycles. The minimum atomic E-state index is -0.792. The van der Waals surface area contributed by atoms with E-state index in [4.69, 9.17) is 21.1 Å². The van der Waals surface area contributed by atoms with Crippen LogP contribution in [0.25, 0.3) is 10.9 Å². The second kappa shape index (κ2) is 8.79. The first kappa shape index (κ1) is 23.5. The molecule has 0 aliphatic rings. The van der Waals surface area contributed by atoms with Gasteiger partial charge in [-0.05, 0) is 70.5 Å². The van der Waals surface area contributed by atoms with Crippen LogP contribution in [-0.2, 0) is 14.3 Å². The van der Waals surface area contributed by atoms with Gasteiger partial charge in [0.2, 0.25) is 5.78 Å². The van der Waals surface area contributed by atoms with Crippen LogP contribution in [0.1, 0.15) is 60.8 Å². The van der Waals surface area contributed by atoms with Crippen molar-refractivity contribution in [1.29, 1.82) is 0 Å². The number of methoxy groups -OCH3 is 1. The van der Waals surface area contributed by atoms with E-state index in [9.17, 15) is 14.4 Å². The van der Waals surface area contributed by atoms with Crippen molar-refractivity contribution in [2.45, 2.75) is 46.1 Å². The zero-order valence-corrected chi connectivity index (χ0v) is 19.7. The lowest BCUT2D eigenvalue weighted by Gasteiger charge is -2.21. The highest BCUT2D eigenvalue weighted by atomic mass is 35.5. The van der Waals surface area contributed by atoms with Crippen LogP contribution in [0.3, 0.4) is 0 Å². The summed E-state index contributed by atoms with van der Waals surface area (Å²) in [5.41, 5.74) is 1.41. The van der Waals surface area contributed by atoms with Gasteiger partial charge < -0.3 is 9.47 Å². The van der Waals surface area contributed by atoms with E-state index in [2.05, 4.69) is 0 Å². The summed E-state index contributed by atoms with van der Waals surface area (Å²) < 4.78 is 11.8. The van der Waals surface area contributed by atoms with Crippen LogP contribution in [0.5, 0.6) is 0 Å². The fourth-order valence-corrected chi connectivity index (χ4v) is 3.74. The van der Waals surface area contributed by atoms with Gasteiger partial charge >= 0.3 is 12.1 Å². The Hall–Kier alpha value is -3.12. The van der Waals surface area contributed by atoms with E-state index in [1.165, 1.54) is 11.7 Å². The molecule has 6 nitrogen and oxygen atoms in total. The zero-order chi connectivity index (χ0) is 23.8. The smallest absolute Gasteiger partial charge is 0.419 e. The van der Waals surface area contributed by atoms with Gasteiger partial charge in [-0.15, -0.1) is 0 Å². The van der Waals surface area contributed by atoms with Crippen LogP contribution >= 0.6 is 11.6 Å². The largest absolute Gasteiger partial charge is 0.469 e. The average molecular weight is 456 g/mol. The SMILES string of the molecule is COC(=O)C(C)c1c(C(=O)c2ccc(Cl)cc2)n(C(=O)OC(C)(C)C)c2cc(C)ccc12. The van der Waals surface area contributed by atoms with E-state index in [1.807, 2.05) is 13.0 Å². The van der Waals surface area contributed by atoms with Crippen molar-refractivity contribution in [1.82, 2.24) is 4.57 Å². The molecule has 0 aliphatic heterocycles. The summed E-state index contributed by atoms with van der Waals surface area (Å²) >= 11 is 5.99. The van der Waals surface area contributed by atoms with E-state index >= 15 is 0 Å². The number of ketones is 1. The number of halogens is 1. The van der Waals surface area contributed by atoms with E-state index in [-0.39, 0.29) is 5.69 Å². The fraction of sp³-hybridized carbons (Fsp3) is 0.320. The molecular weight excluding hydrogens is 430 g/mol. The zero-order valence-electron chi connectivity index (χ0n) is 19.0. The number of nitrogens with zero attached hydrogens (tertiary/aromatic N) is 1. The number of hydrogen-bond acceptors (Lipinski definition) is 5. The second-order valence-electron chi connectivity index (χ2n) is 8.68. The summed E-state index contributed by atoms with van der Waals surface area (Å²) in [5.74, 6) is -1.73. The molecule has 1 unspecified atom stereocenters. The van der Waals surface area contributed by atoms with Gasteiger partial charge in [0.15, 0.2) is 0 Å². The summed E-state index contributed by atoms with van der Waals surface area (Å²) in [5, 5.41) is 1.09. The number of rotatable bonds is 4. The highest BCUT2D eigenvalue weighted by molar-refractivity contribution is 6.30. The van der Waals surface area contributed by atoms with Crippen LogP contribution in [-0.4, -0.2) is 35.1 Å². The number of aromatic nitrogens is 1. The molecule has 2 aromatic carbocycles. The summed E-state index contributed by atoms with van der Waals surface area (Å²) in [7, 11) is 1.29. The standard InChI is InChI=1S/C25H26ClNO5/c1-14-7-12-18-19(13-14)27(24(30)32-25(3,4)5)21(20(18)15(2)23(29)31-6)22(28)16-8-10-17(26)11-9-16/h7-13,15H,1-6H3.